The zero-order valence-electron chi connectivity index (χ0n) is 17.7. The topological polar surface area (TPSA) is 80.2 Å². The maximum Gasteiger partial charge on any atom is 0.243 e. The standard InChI is InChI=1S/C23H27N5O2/c1-4-30-18-7-8-20-19(12-18)16(3)26-23(27-20)28-11-5-6-21(28)22(29)25-14-17-9-10-24-13-15(17)2/h7-10,12-13,21H,4-6,11,14H2,1-3H3,(H,25,29)/t21-/m0/s1. The highest BCUT2D eigenvalue weighted by molar-refractivity contribution is 5.87. The van der Waals surface area contributed by atoms with E-state index in [0.717, 1.165) is 52.9 Å². The summed E-state index contributed by atoms with van der Waals surface area (Å²) in [7, 11) is 0. The number of rotatable bonds is 6. The molecule has 0 aliphatic carbocycles. The Bertz CT molecular complexity index is 1070. The smallest absolute Gasteiger partial charge is 0.243 e. The highest BCUT2D eigenvalue weighted by atomic mass is 16.5. The number of fused-ring (bicyclic) bond motifs is 1. The quantitative estimate of drug-likeness (QED) is 0.678. The van der Waals surface area contributed by atoms with E-state index in [1.54, 1.807) is 6.20 Å². The van der Waals surface area contributed by atoms with Crippen molar-refractivity contribution in [3.05, 3.63) is 53.5 Å². The van der Waals surface area contributed by atoms with Gasteiger partial charge in [-0.1, -0.05) is 0 Å². The number of carbonyl (C=O) groups is 1. The van der Waals surface area contributed by atoms with Crippen LogP contribution in [0, 0.1) is 13.8 Å². The zero-order chi connectivity index (χ0) is 21.1. The number of hydrogen-bond donors (Lipinski definition) is 1. The largest absolute Gasteiger partial charge is 0.494 e. The molecule has 7 heteroatoms. The molecule has 0 radical (unpaired) electrons. The van der Waals surface area contributed by atoms with Crippen molar-refractivity contribution in [2.45, 2.75) is 46.2 Å². The Morgan fingerprint density at radius 2 is 2.13 bits per heavy atom. The van der Waals surface area contributed by atoms with E-state index in [9.17, 15) is 4.79 Å². The van der Waals surface area contributed by atoms with E-state index < -0.39 is 0 Å². The normalized spacial score (nSPS) is 16.1. The second-order valence-corrected chi connectivity index (χ2v) is 7.59. The van der Waals surface area contributed by atoms with E-state index in [-0.39, 0.29) is 11.9 Å². The second-order valence-electron chi connectivity index (χ2n) is 7.59. The molecule has 1 amide bonds. The van der Waals surface area contributed by atoms with Gasteiger partial charge in [-0.3, -0.25) is 9.78 Å². The van der Waals surface area contributed by atoms with Gasteiger partial charge in [0.1, 0.15) is 11.8 Å². The molecule has 3 heterocycles. The molecule has 4 rings (SSSR count). The molecule has 156 valence electrons. The van der Waals surface area contributed by atoms with Crippen molar-refractivity contribution >= 4 is 22.8 Å². The summed E-state index contributed by atoms with van der Waals surface area (Å²) >= 11 is 0. The summed E-state index contributed by atoms with van der Waals surface area (Å²) in [4.78, 5) is 28.5. The summed E-state index contributed by atoms with van der Waals surface area (Å²) in [5, 5.41) is 4.04. The number of ether oxygens (including phenoxy) is 1. The van der Waals surface area contributed by atoms with E-state index in [2.05, 4.69) is 10.3 Å². The molecule has 0 spiro atoms. The van der Waals surface area contributed by atoms with Crippen LogP contribution in [0.4, 0.5) is 5.95 Å². The minimum atomic E-state index is -0.258. The number of benzene rings is 1. The van der Waals surface area contributed by atoms with Crippen molar-refractivity contribution in [1.82, 2.24) is 20.3 Å². The molecule has 7 nitrogen and oxygen atoms in total. The van der Waals surface area contributed by atoms with E-state index in [4.69, 9.17) is 14.7 Å². The maximum absolute atomic E-state index is 12.9. The third-order valence-corrected chi connectivity index (χ3v) is 5.56. The number of aryl methyl sites for hydroxylation is 2. The van der Waals surface area contributed by atoms with Crippen molar-refractivity contribution in [1.29, 1.82) is 0 Å². The molecule has 1 N–H and O–H groups in total. The molecule has 0 bridgehead atoms. The molecule has 1 aliphatic rings. The Kier molecular flexibility index (Phi) is 5.79. The Morgan fingerprint density at radius 1 is 1.27 bits per heavy atom. The van der Waals surface area contributed by atoms with Crippen LogP contribution >= 0.6 is 0 Å². The van der Waals surface area contributed by atoms with Gasteiger partial charge in [0.15, 0.2) is 0 Å². The number of aromatic nitrogens is 3. The van der Waals surface area contributed by atoms with Crippen LogP contribution in [0.1, 0.15) is 36.6 Å². The average molecular weight is 406 g/mol. The lowest BCUT2D eigenvalue weighted by atomic mass is 10.1. The Balaban J connectivity index is 1.54. The van der Waals surface area contributed by atoms with Crippen molar-refractivity contribution in [2.24, 2.45) is 0 Å². The second kappa shape index (κ2) is 8.65. The van der Waals surface area contributed by atoms with Crippen LogP contribution in [0.5, 0.6) is 5.75 Å². The third kappa shape index (κ3) is 4.06. The fourth-order valence-corrected chi connectivity index (χ4v) is 3.91. The molecular weight excluding hydrogens is 378 g/mol. The molecule has 1 aliphatic heterocycles. The van der Waals surface area contributed by atoms with Gasteiger partial charge in [0.2, 0.25) is 11.9 Å². The number of nitrogens with zero attached hydrogens (tertiary/aromatic N) is 4. The third-order valence-electron chi connectivity index (χ3n) is 5.56. The number of nitrogens with one attached hydrogen (secondary N) is 1. The van der Waals surface area contributed by atoms with Gasteiger partial charge in [0.25, 0.3) is 0 Å². The van der Waals surface area contributed by atoms with Crippen LogP contribution in [-0.4, -0.2) is 40.1 Å². The zero-order valence-corrected chi connectivity index (χ0v) is 17.7. The van der Waals surface area contributed by atoms with Gasteiger partial charge in [-0.2, -0.15) is 0 Å². The van der Waals surface area contributed by atoms with Gasteiger partial charge >= 0.3 is 0 Å². The molecule has 1 aromatic carbocycles. The summed E-state index contributed by atoms with van der Waals surface area (Å²) in [5.41, 5.74) is 3.89. The van der Waals surface area contributed by atoms with Crippen LogP contribution in [-0.2, 0) is 11.3 Å². The first-order valence-corrected chi connectivity index (χ1v) is 10.4. The SMILES string of the molecule is CCOc1ccc2nc(N3CCC[C@H]3C(=O)NCc3ccncc3C)nc(C)c2c1. The summed E-state index contributed by atoms with van der Waals surface area (Å²) in [5.74, 6) is 1.44. The molecule has 1 saturated heterocycles. The molecule has 30 heavy (non-hydrogen) atoms. The van der Waals surface area contributed by atoms with Crippen LogP contribution in [0.2, 0.25) is 0 Å². The first kappa shape index (κ1) is 20.1. The van der Waals surface area contributed by atoms with Gasteiger partial charge in [0.05, 0.1) is 17.8 Å². The first-order valence-electron chi connectivity index (χ1n) is 10.4. The predicted molar refractivity (Wildman–Crippen MR) is 117 cm³/mol. The van der Waals surface area contributed by atoms with E-state index in [0.29, 0.717) is 19.1 Å². The van der Waals surface area contributed by atoms with Crippen LogP contribution in [0.15, 0.2) is 36.7 Å². The molecule has 1 fully saturated rings. The average Bonchev–Trinajstić information content (AvgIpc) is 3.23. The van der Waals surface area contributed by atoms with Gasteiger partial charge in [-0.15, -0.1) is 0 Å². The molecule has 0 unspecified atom stereocenters. The van der Waals surface area contributed by atoms with Crippen LogP contribution in [0.25, 0.3) is 10.9 Å². The lowest BCUT2D eigenvalue weighted by Gasteiger charge is -2.24. The summed E-state index contributed by atoms with van der Waals surface area (Å²) < 4.78 is 5.60. The van der Waals surface area contributed by atoms with Gasteiger partial charge in [0, 0.05) is 30.9 Å². The van der Waals surface area contributed by atoms with Crippen molar-refractivity contribution in [2.75, 3.05) is 18.1 Å². The lowest BCUT2D eigenvalue weighted by molar-refractivity contribution is -0.122. The first-order chi connectivity index (χ1) is 14.6. The Labute approximate surface area is 176 Å². The summed E-state index contributed by atoms with van der Waals surface area (Å²) in [6, 6.07) is 7.53. The lowest BCUT2D eigenvalue weighted by Crippen LogP contribution is -2.43. The summed E-state index contributed by atoms with van der Waals surface area (Å²) in [6.45, 7) is 7.82. The Morgan fingerprint density at radius 3 is 2.93 bits per heavy atom. The maximum atomic E-state index is 12.9. The fraction of sp³-hybridized carbons (Fsp3) is 0.391. The van der Waals surface area contributed by atoms with Gasteiger partial charge in [-0.05, 0) is 69.0 Å². The number of anilines is 1. The van der Waals surface area contributed by atoms with E-state index >= 15 is 0 Å². The molecule has 2 aromatic heterocycles. The number of carbonyl (C=O) groups excluding carboxylic acids is 1. The monoisotopic (exact) mass is 405 g/mol. The van der Waals surface area contributed by atoms with Crippen molar-refractivity contribution < 1.29 is 9.53 Å². The number of hydrogen-bond acceptors (Lipinski definition) is 6. The molecular formula is C23H27N5O2. The molecule has 1 atom stereocenters. The van der Waals surface area contributed by atoms with Crippen molar-refractivity contribution in [3.8, 4) is 5.75 Å². The van der Waals surface area contributed by atoms with Gasteiger partial charge in [-0.25, -0.2) is 9.97 Å². The summed E-state index contributed by atoms with van der Waals surface area (Å²) in [6.07, 6.45) is 5.30. The molecule has 0 saturated carbocycles. The highest BCUT2D eigenvalue weighted by Gasteiger charge is 2.32. The van der Waals surface area contributed by atoms with Crippen LogP contribution < -0.4 is 15.0 Å². The fourth-order valence-electron chi connectivity index (χ4n) is 3.91. The minimum Gasteiger partial charge on any atom is -0.494 e. The molecule has 3 aromatic rings. The number of amides is 1. The van der Waals surface area contributed by atoms with Gasteiger partial charge < -0.3 is 15.0 Å². The predicted octanol–water partition coefficient (Wildman–Crippen LogP) is 3.33. The van der Waals surface area contributed by atoms with Crippen molar-refractivity contribution in [3.63, 3.8) is 0 Å². The van der Waals surface area contributed by atoms with E-state index in [1.165, 1.54) is 0 Å². The highest BCUT2D eigenvalue weighted by Crippen LogP contribution is 2.28. The minimum absolute atomic E-state index is 0.0109. The van der Waals surface area contributed by atoms with E-state index in [1.807, 2.05) is 56.1 Å². The Hall–Kier alpha value is -3.22. The number of pyridine rings is 1. The van der Waals surface area contributed by atoms with Crippen LogP contribution in [0.3, 0.4) is 0 Å².